The second-order valence-corrected chi connectivity index (χ2v) is 5.43. The quantitative estimate of drug-likeness (QED) is 0.389. The Balaban J connectivity index is 2.49. The maximum atomic E-state index is 12.7. The molecule has 0 radical (unpaired) electrons. The van der Waals surface area contributed by atoms with Gasteiger partial charge >= 0.3 is 5.69 Å². The molecule has 0 aliphatic rings. The minimum Gasteiger partial charge on any atom is -0.448 e. The van der Waals surface area contributed by atoms with Gasteiger partial charge in [-0.05, 0) is 24.1 Å². The van der Waals surface area contributed by atoms with Crippen molar-refractivity contribution in [1.29, 1.82) is 0 Å². The molecule has 0 spiro atoms. The van der Waals surface area contributed by atoms with Crippen LogP contribution in [0.15, 0.2) is 64.3 Å². The minimum atomic E-state index is -0.877. The molecule has 3 rings (SSSR count). The molecule has 8 heteroatoms. The van der Waals surface area contributed by atoms with Gasteiger partial charge in [-0.1, -0.05) is 30.3 Å². The summed E-state index contributed by atoms with van der Waals surface area (Å²) in [5, 5.41) is 22.8. The molecule has 3 aromatic rings. The summed E-state index contributed by atoms with van der Waals surface area (Å²) in [6, 6.07) is 10.1. The van der Waals surface area contributed by atoms with Crippen LogP contribution in [0.2, 0.25) is 0 Å². The Bertz CT molecular complexity index is 1120. The van der Waals surface area contributed by atoms with Gasteiger partial charge in [0.15, 0.2) is 0 Å². The van der Waals surface area contributed by atoms with Gasteiger partial charge in [-0.2, -0.15) is 0 Å². The third kappa shape index (κ3) is 2.73. The summed E-state index contributed by atoms with van der Waals surface area (Å²) in [4.78, 5) is 34.0. The summed E-state index contributed by atoms with van der Waals surface area (Å²) >= 11 is 0. The van der Waals surface area contributed by atoms with Gasteiger partial charge in [-0.15, -0.1) is 6.58 Å². The lowest BCUT2D eigenvalue weighted by Crippen LogP contribution is -2.11. The average molecular weight is 352 g/mol. The van der Waals surface area contributed by atoms with E-state index < -0.39 is 26.7 Å². The van der Waals surface area contributed by atoms with E-state index in [1.807, 2.05) is 0 Å². The van der Waals surface area contributed by atoms with Crippen LogP contribution in [0.25, 0.3) is 22.3 Å². The van der Waals surface area contributed by atoms with Crippen LogP contribution in [-0.2, 0) is 6.42 Å². The smallest absolute Gasteiger partial charge is 0.359 e. The molecule has 1 heterocycles. The van der Waals surface area contributed by atoms with E-state index in [0.29, 0.717) is 12.0 Å². The number of para-hydroxylation sites is 2. The SMILES string of the molecule is C=CCc1cccc2c(=O)c([N+](=O)[O-])c(-c3ccccc3[N+](=O)[O-])oc12. The third-order valence-electron chi connectivity index (χ3n) is 3.87. The van der Waals surface area contributed by atoms with E-state index in [-0.39, 0.29) is 22.2 Å². The molecule has 1 aromatic heterocycles. The van der Waals surface area contributed by atoms with E-state index in [0.717, 1.165) is 0 Å². The van der Waals surface area contributed by atoms with Gasteiger partial charge in [0, 0.05) is 6.07 Å². The molecule has 0 saturated heterocycles. The standard InChI is InChI=1S/C18H12N2O6/c1-2-6-11-7-5-9-13-16(21)15(20(24)25)18(26-17(11)13)12-8-3-4-10-14(12)19(22)23/h2-5,7-10H,1,6H2. The molecule has 0 N–H and O–H groups in total. The predicted molar refractivity (Wildman–Crippen MR) is 95.1 cm³/mol. The number of fused-ring (bicyclic) bond motifs is 1. The highest BCUT2D eigenvalue weighted by molar-refractivity contribution is 5.87. The summed E-state index contributed by atoms with van der Waals surface area (Å²) in [6.45, 7) is 3.63. The molecular formula is C18H12N2O6. The molecule has 0 fully saturated rings. The first-order valence-electron chi connectivity index (χ1n) is 7.53. The van der Waals surface area contributed by atoms with Crippen molar-refractivity contribution in [3.05, 3.63) is 91.1 Å². The maximum Gasteiger partial charge on any atom is 0.359 e. The van der Waals surface area contributed by atoms with Crippen LogP contribution in [-0.4, -0.2) is 9.85 Å². The van der Waals surface area contributed by atoms with Crippen LogP contribution < -0.4 is 5.43 Å². The van der Waals surface area contributed by atoms with Gasteiger partial charge in [0.1, 0.15) is 11.1 Å². The zero-order chi connectivity index (χ0) is 18.8. The Morgan fingerprint density at radius 1 is 1.04 bits per heavy atom. The molecule has 0 aliphatic carbocycles. The van der Waals surface area contributed by atoms with E-state index >= 15 is 0 Å². The Morgan fingerprint density at radius 3 is 2.42 bits per heavy atom. The molecule has 8 nitrogen and oxygen atoms in total. The second-order valence-electron chi connectivity index (χ2n) is 5.43. The summed E-state index contributed by atoms with van der Waals surface area (Å²) in [5.74, 6) is -0.434. The zero-order valence-corrected chi connectivity index (χ0v) is 13.4. The first kappa shape index (κ1) is 17.0. The van der Waals surface area contributed by atoms with Crippen LogP contribution in [0.3, 0.4) is 0 Å². The largest absolute Gasteiger partial charge is 0.448 e. The Hall–Kier alpha value is -3.81. The molecule has 2 aromatic carbocycles. The van der Waals surface area contributed by atoms with Crippen molar-refractivity contribution in [3.63, 3.8) is 0 Å². The lowest BCUT2D eigenvalue weighted by Gasteiger charge is -2.08. The summed E-state index contributed by atoms with van der Waals surface area (Å²) in [7, 11) is 0. The van der Waals surface area contributed by atoms with Gasteiger partial charge < -0.3 is 4.42 Å². The summed E-state index contributed by atoms with van der Waals surface area (Å²) < 4.78 is 5.70. The highest BCUT2D eigenvalue weighted by atomic mass is 16.6. The molecule has 0 unspecified atom stereocenters. The first-order chi connectivity index (χ1) is 12.5. The van der Waals surface area contributed by atoms with Crippen LogP contribution in [0.5, 0.6) is 0 Å². The van der Waals surface area contributed by atoms with Gasteiger partial charge in [0.05, 0.1) is 15.2 Å². The molecular weight excluding hydrogens is 340 g/mol. The van der Waals surface area contributed by atoms with Crippen molar-refractivity contribution < 1.29 is 14.3 Å². The number of rotatable bonds is 5. The number of nitro benzene ring substituents is 1. The maximum absolute atomic E-state index is 12.7. The Morgan fingerprint density at radius 2 is 1.77 bits per heavy atom. The zero-order valence-electron chi connectivity index (χ0n) is 13.4. The molecule has 0 atom stereocenters. The second kappa shape index (κ2) is 6.60. The molecule has 0 saturated carbocycles. The van der Waals surface area contributed by atoms with Crippen molar-refractivity contribution in [2.45, 2.75) is 6.42 Å². The van der Waals surface area contributed by atoms with Crippen LogP contribution in [0.4, 0.5) is 11.4 Å². The van der Waals surface area contributed by atoms with Crippen molar-refractivity contribution >= 4 is 22.3 Å². The number of hydrogen-bond donors (Lipinski definition) is 0. The number of nitro groups is 2. The highest BCUT2D eigenvalue weighted by Gasteiger charge is 2.30. The summed E-state index contributed by atoms with van der Waals surface area (Å²) in [6.07, 6.45) is 1.97. The van der Waals surface area contributed by atoms with Crippen LogP contribution in [0, 0.1) is 20.2 Å². The Labute approximate surface area is 146 Å². The van der Waals surface area contributed by atoms with E-state index in [9.17, 15) is 25.0 Å². The number of benzene rings is 2. The molecule has 0 aliphatic heterocycles. The molecule has 0 bridgehead atoms. The highest BCUT2D eigenvalue weighted by Crippen LogP contribution is 2.36. The van der Waals surface area contributed by atoms with Crippen LogP contribution >= 0.6 is 0 Å². The molecule has 0 amide bonds. The molecule has 130 valence electrons. The third-order valence-corrected chi connectivity index (χ3v) is 3.87. The fourth-order valence-corrected chi connectivity index (χ4v) is 2.75. The number of hydrogen-bond acceptors (Lipinski definition) is 6. The topological polar surface area (TPSA) is 116 Å². The first-order valence-corrected chi connectivity index (χ1v) is 7.53. The minimum absolute atomic E-state index is 0.0402. The average Bonchev–Trinajstić information content (AvgIpc) is 2.62. The van der Waals surface area contributed by atoms with Gasteiger partial charge in [-0.3, -0.25) is 25.0 Å². The van der Waals surface area contributed by atoms with E-state index in [1.54, 1.807) is 18.2 Å². The normalized spacial score (nSPS) is 10.6. The van der Waals surface area contributed by atoms with Crippen LogP contribution in [0.1, 0.15) is 5.56 Å². The molecule has 26 heavy (non-hydrogen) atoms. The lowest BCUT2D eigenvalue weighted by molar-refractivity contribution is -0.387. The fraction of sp³-hybridized carbons (Fsp3) is 0.0556. The van der Waals surface area contributed by atoms with E-state index in [2.05, 4.69) is 6.58 Å². The van der Waals surface area contributed by atoms with Crippen molar-refractivity contribution in [2.75, 3.05) is 0 Å². The lowest BCUT2D eigenvalue weighted by atomic mass is 10.0. The van der Waals surface area contributed by atoms with Gasteiger partial charge in [0.25, 0.3) is 11.1 Å². The van der Waals surface area contributed by atoms with E-state index in [1.165, 1.54) is 30.3 Å². The monoisotopic (exact) mass is 352 g/mol. The van der Waals surface area contributed by atoms with Crippen molar-refractivity contribution in [1.82, 2.24) is 0 Å². The van der Waals surface area contributed by atoms with Crippen molar-refractivity contribution in [3.8, 4) is 11.3 Å². The number of nitrogens with zero attached hydrogens (tertiary/aromatic N) is 2. The van der Waals surface area contributed by atoms with Crippen molar-refractivity contribution in [2.24, 2.45) is 0 Å². The number of allylic oxidation sites excluding steroid dienone is 1. The Kier molecular flexibility index (Phi) is 4.32. The van der Waals surface area contributed by atoms with Gasteiger partial charge in [0.2, 0.25) is 5.76 Å². The summed E-state index contributed by atoms with van der Waals surface area (Å²) in [5.41, 5.74) is -1.45. The van der Waals surface area contributed by atoms with Gasteiger partial charge in [-0.25, -0.2) is 0 Å². The predicted octanol–water partition coefficient (Wildman–Crippen LogP) is 4.00. The van der Waals surface area contributed by atoms with E-state index in [4.69, 9.17) is 4.42 Å². The fourth-order valence-electron chi connectivity index (χ4n) is 2.75.